The molecule has 0 spiro atoms. The molecule has 2 saturated heterocycles. The van der Waals surface area contributed by atoms with E-state index in [2.05, 4.69) is 22.9 Å². The third-order valence-corrected chi connectivity index (χ3v) is 6.10. The predicted molar refractivity (Wildman–Crippen MR) is 122 cm³/mol. The number of anilines is 2. The lowest BCUT2D eigenvalue weighted by Crippen LogP contribution is -2.44. The van der Waals surface area contributed by atoms with Gasteiger partial charge in [-0.25, -0.2) is 15.6 Å². The lowest BCUT2D eigenvalue weighted by molar-refractivity contribution is 0.0801. The van der Waals surface area contributed by atoms with Gasteiger partial charge >= 0.3 is 6.03 Å². The van der Waals surface area contributed by atoms with E-state index in [0.717, 1.165) is 73.6 Å². The summed E-state index contributed by atoms with van der Waals surface area (Å²) >= 11 is 0. The molecule has 2 amide bonds. The van der Waals surface area contributed by atoms with Crippen LogP contribution in [0.3, 0.4) is 0 Å². The number of nitrogens with two attached hydrogens (primary N) is 1. The molecule has 0 aromatic carbocycles. The van der Waals surface area contributed by atoms with Crippen LogP contribution >= 0.6 is 0 Å². The van der Waals surface area contributed by atoms with Crippen molar-refractivity contribution in [1.82, 2.24) is 15.6 Å². The van der Waals surface area contributed by atoms with E-state index in [9.17, 15) is 4.79 Å². The van der Waals surface area contributed by atoms with Crippen molar-refractivity contribution in [2.75, 3.05) is 43.3 Å². The van der Waals surface area contributed by atoms with Crippen LogP contribution in [-0.4, -0.2) is 56.1 Å². The number of pyridine rings is 1. The molecule has 2 fully saturated rings. The molecule has 1 aromatic rings. The van der Waals surface area contributed by atoms with Crippen LogP contribution in [-0.2, 0) is 22.4 Å². The molecule has 2 aliphatic rings. The van der Waals surface area contributed by atoms with E-state index in [1.807, 2.05) is 13.8 Å². The average molecular weight is 435 g/mol. The Morgan fingerprint density at radius 3 is 2.29 bits per heavy atom. The SMILES string of the molecule is CCc1nc(N(N)CC)c(C)c(NC2CCOCC2)c1CNC(=O)NC1CCOCC1. The Kier molecular flexibility index (Phi) is 8.74. The van der Waals surface area contributed by atoms with Crippen LogP contribution < -0.4 is 26.8 Å². The van der Waals surface area contributed by atoms with E-state index in [-0.39, 0.29) is 12.1 Å². The van der Waals surface area contributed by atoms with Crippen LogP contribution in [0, 0.1) is 6.92 Å². The molecule has 1 aromatic heterocycles. The summed E-state index contributed by atoms with van der Waals surface area (Å²) in [6, 6.07) is 0.341. The fourth-order valence-corrected chi connectivity index (χ4v) is 4.16. The van der Waals surface area contributed by atoms with Gasteiger partial charge < -0.3 is 25.4 Å². The number of nitrogens with one attached hydrogen (secondary N) is 3. The molecule has 0 bridgehead atoms. The van der Waals surface area contributed by atoms with Crippen LogP contribution in [0.1, 0.15) is 56.4 Å². The van der Waals surface area contributed by atoms with Crippen molar-refractivity contribution < 1.29 is 14.3 Å². The molecule has 0 saturated carbocycles. The topological polar surface area (TPSA) is 114 Å². The number of aromatic nitrogens is 1. The third-order valence-electron chi connectivity index (χ3n) is 6.10. The number of carbonyl (C=O) groups is 1. The summed E-state index contributed by atoms with van der Waals surface area (Å²) in [5.74, 6) is 7.01. The van der Waals surface area contributed by atoms with Crippen molar-refractivity contribution >= 4 is 17.5 Å². The summed E-state index contributed by atoms with van der Waals surface area (Å²) in [5, 5.41) is 11.5. The molecule has 3 heterocycles. The Balaban J connectivity index is 1.81. The minimum Gasteiger partial charge on any atom is -0.381 e. The molecular weight excluding hydrogens is 396 g/mol. The van der Waals surface area contributed by atoms with Crippen molar-refractivity contribution in [2.24, 2.45) is 5.84 Å². The van der Waals surface area contributed by atoms with Gasteiger partial charge in [0.15, 0.2) is 0 Å². The number of nitrogens with zero attached hydrogens (tertiary/aromatic N) is 2. The highest BCUT2D eigenvalue weighted by Crippen LogP contribution is 2.32. The van der Waals surface area contributed by atoms with E-state index >= 15 is 0 Å². The maximum Gasteiger partial charge on any atom is 0.315 e. The molecule has 2 aliphatic heterocycles. The smallest absolute Gasteiger partial charge is 0.315 e. The first kappa shape index (κ1) is 23.6. The average Bonchev–Trinajstić information content (AvgIpc) is 2.80. The number of carbonyl (C=O) groups excluding carboxylic acids is 1. The zero-order chi connectivity index (χ0) is 22.2. The summed E-state index contributed by atoms with van der Waals surface area (Å²) < 4.78 is 10.9. The third kappa shape index (κ3) is 6.21. The Morgan fingerprint density at radius 1 is 1.10 bits per heavy atom. The second-order valence-electron chi connectivity index (χ2n) is 8.24. The highest BCUT2D eigenvalue weighted by Gasteiger charge is 2.23. The first-order chi connectivity index (χ1) is 15.0. The fraction of sp³-hybridized carbons (Fsp3) is 0.727. The maximum atomic E-state index is 12.5. The van der Waals surface area contributed by atoms with Gasteiger partial charge in [0.2, 0.25) is 0 Å². The van der Waals surface area contributed by atoms with Gasteiger partial charge in [-0.1, -0.05) is 6.92 Å². The number of aryl methyl sites for hydroxylation is 1. The molecule has 174 valence electrons. The van der Waals surface area contributed by atoms with Gasteiger partial charge in [-0.15, -0.1) is 0 Å². The molecule has 0 unspecified atom stereocenters. The summed E-state index contributed by atoms with van der Waals surface area (Å²) in [6.07, 6.45) is 4.36. The lowest BCUT2D eigenvalue weighted by Gasteiger charge is -2.29. The normalized spacial score (nSPS) is 17.9. The highest BCUT2D eigenvalue weighted by molar-refractivity contribution is 5.75. The van der Waals surface area contributed by atoms with Crippen molar-refractivity contribution in [3.8, 4) is 0 Å². The number of hydrogen-bond acceptors (Lipinski definition) is 7. The molecule has 9 nitrogen and oxygen atoms in total. The molecule has 0 aliphatic carbocycles. The predicted octanol–water partition coefficient (Wildman–Crippen LogP) is 2.22. The van der Waals surface area contributed by atoms with E-state index in [4.69, 9.17) is 20.3 Å². The number of rotatable bonds is 8. The standard InChI is InChI=1S/C22H38N6O3/c1-4-19-18(14-24-22(29)26-17-8-12-31-13-9-17)20(25-16-6-10-30-11-7-16)15(3)21(27-19)28(23)5-2/h16-17H,4-14,23H2,1-3H3,(H,25,27)(H2,24,26,29). The van der Waals surface area contributed by atoms with Gasteiger partial charge in [0.25, 0.3) is 0 Å². The van der Waals surface area contributed by atoms with Gasteiger partial charge in [-0.05, 0) is 46.0 Å². The minimum atomic E-state index is -0.151. The number of ether oxygens (including phenoxy) is 2. The van der Waals surface area contributed by atoms with Crippen LogP contribution in [0.15, 0.2) is 0 Å². The van der Waals surface area contributed by atoms with Crippen LogP contribution in [0.4, 0.5) is 16.3 Å². The van der Waals surface area contributed by atoms with Crippen LogP contribution in [0.2, 0.25) is 0 Å². The second-order valence-corrected chi connectivity index (χ2v) is 8.24. The maximum absolute atomic E-state index is 12.5. The zero-order valence-corrected chi connectivity index (χ0v) is 19.1. The van der Waals surface area contributed by atoms with Gasteiger partial charge in [-0.2, -0.15) is 0 Å². The van der Waals surface area contributed by atoms with Crippen molar-refractivity contribution in [3.63, 3.8) is 0 Å². The molecule has 5 N–H and O–H groups in total. The Morgan fingerprint density at radius 2 is 1.71 bits per heavy atom. The summed E-state index contributed by atoms with van der Waals surface area (Å²) in [4.78, 5) is 17.4. The lowest BCUT2D eigenvalue weighted by atomic mass is 10.0. The molecular formula is C22H38N6O3. The van der Waals surface area contributed by atoms with Gasteiger partial charge in [0, 0.05) is 74.1 Å². The summed E-state index contributed by atoms with van der Waals surface area (Å²) in [5.41, 5.74) is 4.02. The molecule has 0 radical (unpaired) electrons. The Bertz CT molecular complexity index is 732. The second kappa shape index (κ2) is 11.5. The van der Waals surface area contributed by atoms with Crippen molar-refractivity contribution in [2.45, 2.75) is 71.5 Å². The quantitative estimate of drug-likeness (QED) is 0.366. The number of urea groups is 1. The van der Waals surface area contributed by atoms with Crippen molar-refractivity contribution in [1.29, 1.82) is 0 Å². The first-order valence-corrected chi connectivity index (χ1v) is 11.5. The number of hydrogen-bond donors (Lipinski definition) is 4. The van der Waals surface area contributed by atoms with Crippen molar-refractivity contribution in [3.05, 3.63) is 16.8 Å². The van der Waals surface area contributed by atoms with E-state index in [1.165, 1.54) is 0 Å². The van der Waals surface area contributed by atoms with Gasteiger partial charge in [0.05, 0.1) is 0 Å². The zero-order valence-electron chi connectivity index (χ0n) is 19.1. The Labute approximate surface area is 185 Å². The fourth-order valence-electron chi connectivity index (χ4n) is 4.16. The molecule has 31 heavy (non-hydrogen) atoms. The van der Waals surface area contributed by atoms with E-state index in [1.54, 1.807) is 5.01 Å². The number of hydrazine groups is 1. The molecule has 9 heteroatoms. The highest BCUT2D eigenvalue weighted by atomic mass is 16.5. The molecule has 3 rings (SSSR count). The van der Waals surface area contributed by atoms with E-state index in [0.29, 0.717) is 32.3 Å². The van der Waals surface area contributed by atoms with Crippen LogP contribution in [0.25, 0.3) is 0 Å². The first-order valence-electron chi connectivity index (χ1n) is 11.5. The van der Waals surface area contributed by atoms with E-state index < -0.39 is 0 Å². The number of amides is 2. The Hall–Kier alpha value is -2.10. The monoisotopic (exact) mass is 434 g/mol. The molecule has 0 atom stereocenters. The summed E-state index contributed by atoms with van der Waals surface area (Å²) in [6.45, 7) is 10.1. The van der Waals surface area contributed by atoms with Gasteiger partial charge in [-0.3, -0.25) is 5.01 Å². The van der Waals surface area contributed by atoms with Gasteiger partial charge in [0.1, 0.15) is 5.82 Å². The van der Waals surface area contributed by atoms with Crippen LogP contribution in [0.5, 0.6) is 0 Å². The largest absolute Gasteiger partial charge is 0.381 e. The summed E-state index contributed by atoms with van der Waals surface area (Å²) in [7, 11) is 0. The minimum absolute atomic E-state index is 0.151.